The van der Waals surface area contributed by atoms with Crippen molar-refractivity contribution in [2.24, 2.45) is 5.73 Å². The Morgan fingerprint density at radius 2 is 1.73 bits per heavy atom. The lowest BCUT2D eigenvalue weighted by molar-refractivity contribution is -0.139. The number of hydrogen-bond donors (Lipinski definition) is 6. The highest BCUT2D eigenvalue weighted by atomic mass is 16.5. The minimum atomic E-state index is -1.38. The van der Waals surface area contributed by atoms with Gasteiger partial charge in [-0.3, -0.25) is 9.59 Å². The third kappa shape index (κ3) is 9.46. The van der Waals surface area contributed by atoms with E-state index < -0.39 is 23.8 Å². The maximum atomic E-state index is 13.0. The first kappa shape index (κ1) is 30.8. The molecule has 0 aliphatic carbocycles. The molecule has 2 aromatic carbocycles. The van der Waals surface area contributed by atoms with Gasteiger partial charge in [0.2, 0.25) is 5.95 Å². The number of amides is 2. The summed E-state index contributed by atoms with van der Waals surface area (Å²) in [5.41, 5.74) is 7.68. The van der Waals surface area contributed by atoms with Gasteiger partial charge < -0.3 is 36.6 Å². The number of nitrogens with one attached hydrogen (secondary N) is 3. The lowest BCUT2D eigenvalue weighted by Crippen LogP contribution is -2.48. The molecule has 1 aromatic heterocycles. The van der Waals surface area contributed by atoms with Gasteiger partial charge in [-0.1, -0.05) is 18.2 Å². The van der Waals surface area contributed by atoms with Crippen molar-refractivity contribution in [3.05, 3.63) is 76.6 Å². The summed E-state index contributed by atoms with van der Waals surface area (Å²) in [5, 5.41) is 27.4. The van der Waals surface area contributed by atoms with Crippen molar-refractivity contribution in [3.8, 4) is 11.5 Å². The lowest BCUT2D eigenvalue weighted by Gasteiger charge is -2.17. The number of carboxylic acid groups (broad SMARTS) is 1. The zero-order chi connectivity index (χ0) is 29.8. The molecule has 0 spiro atoms. The van der Waals surface area contributed by atoms with Crippen LogP contribution in [-0.2, 0) is 11.2 Å². The van der Waals surface area contributed by atoms with Gasteiger partial charge in [0.15, 0.2) is 0 Å². The van der Waals surface area contributed by atoms with Crippen LogP contribution in [0.3, 0.4) is 0 Å². The van der Waals surface area contributed by atoms with E-state index in [1.165, 1.54) is 0 Å². The molecule has 7 N–H and O–H groups in total. The Balaban J connectivity index is 1.56. The largest absolute Gasteiger partial charge is 0.508 e. The summed E-state index contributed by atoms with van der Waals surface area (Å²) in [5.74, 6) is -1.41. The fraction of sp³-hybridized carbons (Fsp3) is 0.345. The molecule has 41 heavy (non-hydrogen) atoms. The van der Waals surface area contributed by atoms with E-state index in [4.69, 9.17) is 10.5 Å². The number of aromatic hydroxyl groups is 1. The number of carbonyl (C=O) groups excluding carboxylic acids is 2. The average molecular weight is 565 g/mol. The standard InChI is InChI=1S/C29H36N6O6/c1-18-25(19(2)34-29(33-18)31-13-5-8-20-7-3-10-22(36)15-20)27(38)35-24(28(39)40)17-32-26(37)21-9-4-11-23(16-21)41-14-6-12-30/h3-4,7,9-11,15-16,24,36H,5-6,8,12-14,17,30H2,1-2H3,(H,32,37)(H,35,38)(H,39,40)(H,31,33,34). The predicted octanol–water partition coefficient (Wildman–Crippen LogP) is 2.18. The van der Waals surface area contributed by atoms with Crippen LogP contribution in [0.5, 0.6) is 11.5 Å². The number of rotatable bonds is 15. The van der Waals surface area contributed by atoms with Gasteiger partial charge in [-0.25, -0.2) is 14.8 Å². The molecule has 0 aliphatic heterocycles. The Bertz CT molecular complexity index is 1340. The summed E-state index contributed by atoms with van der Waals surface area (Å²) in [6, 6.07) is 12.2. The van der Waals surface area contributed by atoms with Crippen molar-refractivity contribution >= 4 is 23.7 Å². The summed E-state index contributed by atoms with van der Waals surface area (Å²) in [6.45, 7) is 4.41. The van der Waals surface area contributed by atoms with E-state index in [1.54, 1.807) is 56.3 Å². The summed E-state index contributed by atoms with van der Waals surface area (Å²) < 4.78 is 5.55. The number of ether oxygens (including phenoxy) is 1. The smallest absolute Gasteiger partial charge is 0.328 e. The van der Waals surface area contributed by atoms with Crippen LogP contribution >= 0.6 is 0 Å². The van der Waals surface area contributed by atoms with Crippen LogP contribution in [0.2, 0.25) is 0 Å². The predicted molar refractivity (Wildman–Crippen MR) is 153 cm³/mol. The highest BCUT2D eigenvalue weighted by Gasteiger charge is 2.24. The van der Waals surface area contributed by atoms with Gasteiger partial charge in [0.25, 0.3) is 11.8 Å². The van der Waals surface area contributed by atoms with E-state index >= 15 is 0 Å². The van der Waals surface area contributed by atoms with Gasteiger partial charge in [-0.15, -0.1) is 0 Å². The van der Waals surface area contributed by atoms with E-state index in [0.717, 1.165) is 18.4 Å². The van der Waals surface area contributed by atoms with Crippen LogP contribution in [0, 0.1) is 13.8 Å². The highest BCUT2D eigenvalue weighted by molar-refractivity contribution is 5.99. The minimum Gasteiger partial charge on any atom is -0.508 e. The molecule has 1 atom stereocenters. The van der Waals surface area contributed by atoms with E-state index in [0.29, 0.717) is 49.2 Å². The van der Waals surface area contributed by atoms with Crippen molar-refractivity contribution in [1.82, 2.24) is 20.6 Å². The molecular formula is C29H36N6O6. The van der Waals surface area contributed by atoms with Crippen molar-refractivity contribution in [1.29, 1.82) is 0 Å². The number of carboxylic acids is 1. The topological polar surface area (TPSA) is 189 Å². The summed E-state index contributed by atoms with van der Waals surface area (Å²) in [7, 11) is 0. The molecule has 218 valence electrons. The van der Waals surface area contributed by atoms with Gasteiger partial charge in [-0.2, -0.15) is 0 Å². The number of phenols is 1. The van der Waals surface area contributed by atoms with Crippen molar-refractivity contribution in [2.45, 2.75) is 39.2 Å². The van der Waals surface area contributed by atoms with E-state index in [9.17, 15) is 24.6 Å². The molecule has 0 aliphatic rings. The van der Waals surface area contributed by atoms with Crippen LogP contribution in [0.15, 0.2) is 48.5 Å². The maximum Gasteiger partial charge on any atom is 0.328 e. The van der Waals surface area contributed by atoms with Gasteiger partial charge in [0.05, 0.1) is 23.6 Å². The molecule has 3 rings (SSSR count). The van der Waals surface area contributed by atoms with Gasteiger partial charge in [0.1, 0.15) is 17.5 Å². The molecule has 1 unspecified atom stereocenters. The molecule has 0 saturated carbocycles. The Morgan fingerprint density at radius 3 is 2.41 bits per heavy atom. The molecule has 1 heterocycles. The molecule has 0 fully saturated rings. The van der Waals surface area contributed by atoms with Gasteiger partial charge in [0, 0.05) is 18.7 Å². The first-order valence-corrected chi connectivity index (χ1v) is 13.3. The normalized spacial score (nSPS) is 11.4. The maximum absolute atomic E-state index is 13.0. The summed E-state index contributed by atoms with van der Waals surface area (Å²) in [4.78, 5) is 46.2. The molecule has 2 amide bonds. The van der Waals surface area contributed by atoms with Crippen LogP contribution in [-0.4, -0.2) is 70.2 Å². The van der Waals surface area contributed by atoms with Crippen LogP contribution in [0.4, 0.5) is 5.95 Å². The SMILES string of the molecule is Cc1nc(NCCCc2cccc(O)c2)nc(C)c1C(=O)NC(CNC(=O)c1cccc(OCCCN)c1)C(=O)O. The molecule has 12 nitrogen and oxygen atoms in total. The number of anilines is 1. The molecule has 0 saturated heterocycles. The third-order valence-corrected chi connectivity index (χ3v) is 6.12. The van der Waals surface area contributed by atoms with Gasteiger partial charge in [-0.05, 0) is 75.5 Å². The second-order valence-electron chi connectivity index (χ2n) is 9.39. The van der Waals surface area contributed by atoms with Gasteiger partial charge >= 0.3 is 5.97 Å². The lowest BCUT2D eigenvalue weighted by atomic mass is 10.1. The fourth-order valence-electron chi connectivity index (χ4n) is 4.06. The van der Waals surface area contributed by atoms with Crippen molar-refractivity contribution < 1.29 is 29.3 Å². The molecule has 3 aromatic rings. The highest BCUT2D eigenvalue weighted by Crippen LogP contribution is 2.16. The minimum absolute atomic E-state index is 0.162. The number of aliphatic carboxylic acids is 1. The van der Waals surface area contributed by atoms with E-state index in [2.05, 4.69) is 25.9 Å². The van der Waals surface area contributed by atoms with Crippen LogP contribution in [0.1, 0.15) is 50.5 Å². The second-order valence-corrected chi connectivity index (χ2v) is 9.39. The molecule has 0 radical (unpaired) electrons. The number of benzene rings is 2. The number of hydrogen-bond acceptors (Lipinski definition) is 9. The number of aryl methyl sites for hydroxylation is 3. The Labute approximate surface area is 238 Å². The Kier molecular flexibility index (Phi) is 11.4. The van der Waals surface area contributed by atoms with E-state index in [-0.39, 0.29) is 23.4 Å². The Hall–Kier alpha value is -4.71. The monoisotopic (exact) mass is 564 g/mol. The second kappa shape index (κ2) is 15.2. The molecule has 0 bridgehead atoms. The molecular weight excluding hydrogens is 528 g/mol. The zero-order valence-corrected chi connectivity index (χ0v) is 23.1. The average Bonchev–Trinajstić information content (AvgIpc) is 2.93. The quantitative estimate of drug-likeness (QED) is 0.149. The van der Waals surface area contributed by atoms with Crippen LogP contribution in [0.25, 0.3) is 0 Å². The van der Waals surface area contributed by atoms with Crippen molar-refractivity contribution in [2.75, 3.05) is 31.6 Å². The fourth-order valence-corrected chi connectivity index (χ4v) is 4.06. The number of nitrogens with zero attached hydrogens (tertiary/aromatic N) is 2. The number of nitrogens with two attached hydrogens (primary N) is 1. The summed E-state index contributed by atoms with van der Waals surface area (Å²) >= 11 is 0. The zero-order valence-electron chi connectivity index (χ0n) is 23.1. The number of phenolic OH excluding ortho intramolecular Hbond substituents is 1. The molecule has 12 heteroatoms. The summed E-state index contributed by atoms with van der Waals surface area (Å²) in [6.07, 6.45) is 2.19. The van der Waals surface area contributed by atoms with Crippen molar-refractivity contribution in [3.63, 3.8) is 0 Å². The third-order valence-electron chi connectivity index (χ3n) is 6.12. The van der Waals surface area contributed by atoms with E-state index in [1.807, 2.05) is 6.07 Å². The Morgan fingerprint density at radius 1 is 1.00 bits per heavy atom. The first-order valence-electron chi connectivity index (χ1n) is 13.3. The first-order chi connectivity index (χ1) is 19.7. The number of aromatic nitrogens is 2. The van der Waals surface area contributed by atoms with Crippen LogP contribution < -0.4 is 26.4 Å². The number of carbonyl (C=O) groups is 3.